The van der Waals surface area contributed by atoms with Crippen molar-refractivity contribution < 1.29 is 14.3 Å². The number of nitrogens with one attached hydrogen (secondary N) is 1. The predicted molar refractivity (Wildman–Crippen MR) is 51.9 cm³/mol. The zero-order valence-corrected chi connectivity index (χ0v) is 8.19. The molecule has 1 rings (SSSR count). The summed E-state index contributed by atoms with van der Waals surface area (Å²) in [5.74, 6) is 0.291. The average molecular weight is 195 g/mol. The Balaban J connectivity index is 2.62. The Morgan fingerprint density at radius 3 is 2.50 bits per heavy atom. The Kier molecular flexibility index (Phi) is 3.94. The third-order valence-electron chi connectivity index (χ3n) is 1.66. The van der Waals surface area contributed by atoms with Crippen molar-refractivity contribution in [1.82, 2.24) is 5.32 Å². The second-order valence-corrected chi connectivity index (χ2v) is 2.61. The molecule has 4 nitrogen and oxygen atoms in total. The molecule has 1 atom stereocenters. The fraction of sp³-hybridized carbons (Fsp3) is 0.300. The molecule has 0 aliphatic heterocycles. The van der Waals surface area contributed by atoms with E-state index in [9.17, 15) is 4.79 Å². The molecule has 1 amide bonds. The standard InChI is InChI=1S/C10H13NO3/c1-11-9(12)10(13-2)14-8-6-4-3-5-7-8/h3-7,10H,1-2H3,(H,11,12). The second kappa shape index (κ2) is 5.24. The summed E-state index contributed by atoms with van der Waals surface area (Å²) in [5, 5.41) is 2.45. The zero-order chi connectivity index (χ0) is 10.4. The monoisotopic (exact) mass is 195 g/mol. The molecule has 76 valence electrons. The average Bonchev–Trinajstić information content (AvgIpc) is 2.26. The van der Waals surface area contributed by atoms with Gasteiger partial charge in [-0.05, 0) is 12.1 Å². The Bertz CT molecular complexity index is 287. The first-order valence-corrected chi connectivity index (χ1v) is 4.24. The minimum Gasteiger partial charge on any atom is -0.455 e. The summed E-state index contributed by atoms with van der Waals surface area (Å²) in [4.78, 5) is 11.2. The van der Waals surface area contributed by atoms with Gasteiger partial charge in [-0.25, -0.2) is 0 Å². The first kappa shape index (κ1) is 10.5. The van der Waals surface area contributed by atoms with E-state index in [4.69, 9.17) is 9.47 Å². The molecular weight excluding hydrogens is 182 g/mol. The van der Waals surface area contributed by atoms with Crippen LogP contribution in [0.3, 0.4) is 0 Å². The van der Waals surface area contributed by atoms with Crippen molar-refractivity contribution in [2.24, 2.45) is 0 Å². The second-order valence-electron chi connectivity index (χ2n) is 2.61. The highest BCUT2D eigenvalue weighted by molar-refractivity contribution is 5.79. The van der Waals surface area contributed by atoms with Gasteiger partial charge < -0.3 is 14.8 Å². The summed E-state index contributed by atoms with van der Waals surface area (Å²) in [6.45, 7) is 0. The predicted octanol–water partition coefficient (Wildman–Crippen LogP) is 0.784. The van der Waals surface area contributed by atoms with Gasteiger partial charge in [0.25, 0.3) is 12.2 Å². The van der Waals surface area contributed by atoms with Crippen LogP contribution in [-0.4, -0.2) is 26.4 Å². The Morgan fingerprint density at radius 2 is 2.00 bits per heavy atom. The number of benzene rings is 1. The minimum absolute atomic E-state index is 0.309. The molecule has 0 fully saturated rings. The van der Waals surface area contributed by atoms with Crippen LogP contribution in [0.25, 0.3) is 0 Å². The first-order chi connectivity index (χ1) is 6.77. The topological polar surface area (TPSA) is 47.6 Å². The highest BCUT2D eigenvalue weighted by Gasteiger charge is 2.17. The van der Waals surface area contributed by atoms with Crippen molar-refractivity contribution >= 4 is 5.91 Å². The molecular formula is C10H13NO3. The van der Waals surface area contributed by atoms with Gasteiger partial charge in [-0.2, -0.15) is 0 Å². The summed E-state index contributed by atoms with van der Waals surface area (Å²) in [5.41, 5.74) is 0. The first-order valence-electron chi connectivity index (χ1n) is 4.24. The number of amides is 1. The number of ether oxygens (including phenoxy) is 2. The van der Waals surface area contributed by atoms with Crippen molar-refractivity contribution in [3.05, 3.63) is 30.3 Å². The van der Waals surface area contributed by atoms with Crippen molar-refractivity contribution in [3.8, 4) is 5.75 Å². The molecule has 4 heteroatoms. The maximum Gasteiger partial charge on any atom is 0.289 e. The molecule has 0 heterocycles. The molecule has 1 aromatic carbocycles. The highest BCUT2D eigenvalue weighted by atomic mass is 16.7. The SMILES string of the molecule is CNC(=O)C(OC)Oc1ccccc1. The van der Waals surface area contributed by atoms with Gasteiger partial charge in [0.15, 0.2) is 0 Å². The van der Waals surface area contributed by atoms with Gasteiger partial charge in [-0.3, -0.25) is 4.79 Å². The molecule has 0 aromatic heterocycles. The Hall–Kier alpha value is -1.55. The minimum atomic E-state index is -0.901. The fourth-order valence-electron chi connectivity index (χ4n) is 0.949. The molecule has 0 bridgehead atoms. The summed E-state index contributed by atoms with van der Waals surface area (Å²) in [6.07, 6.45) is -0.901. The van der Waals surface area contributed by atoms with Crippen LogP contribution in [-0.2, 0) is 9.53 Å². The quantitative estimate of drug-likeness (QED) is 0.722. The Morgan fingerprint density at radius 1 is 1.36 bits per heavy atom. The van der Waals surface area contributed by atoms with E-state index in [-0.39, 0.29) is 5.91 Å². The van der Waals surface area contributed by atoms with Gasteiger partial charge >= 0.3 is 0 Å². The summed E-state index contributed by atoms with van der Waals surface area (Å²) in [6, 6.07) is 9.04. The van der Waals surface area contributed by atoms with E-state index in [1.165, 1.54) is 14.2 Å². The lowest BCUT2D eigenvalue weighted by Gasteiger charge is -2.15. The number of methoxy groups -OCH3 is 1. The smallest absolute Gasteiger partial charge is 0.289 e. The van der Waals surface area contributed by atoms with Crippen molar-refractivity contribution in [2.45, 2.75) is 6.29 Å². The number of carbonyl (C=O) groups excluding carboxylic acids is 1. The fourth-order valence-corrected chi connectivity index (χ4v) is 0.949. The van der Waals surface area contributed by atoms with Crippen LogP contribution >= 0.6 is 0 Å². The lowest BCUT2D eigenvalue weighted by molar-refractivity contribution is -0.147. The highest BCUT2D eigenvalue weighted by Crippen LogP contribution is 2.10. The van der Waals surface area contributed by atoms with Gasteiger partial charge in [0.05, 0.1) is 0 Å². The molecule has 1 aromatic rings. The van der Waals surface area contributed by atoms with E-state index in [0.717, 1.165) is 0 Å². The molecule has 0 saturated heterocycles. The number of likely N-dealkylation sites (N-methyl/N-ethyl adjacent to an activating group) is 1. The number of para-hydroxylation sites is 1. The lowest BCUT2D eigenvalue weighted by Crippen LogP contribution is -2.37. The van der Waals surface area contributed by atoms with Crippen molar-refractivity contribution in [2.75, 3.05) is 14.2 Å². The maximum atomic E-state index is 11.2. The van der Waals surface area contributed by atoms with Gasteiger partial charge in [0.2, 0.25) is 0 Å². The van der Waals surface area contributed by atoms with Crippen molar-refractivity contribution in [3.63, 3.8) is 0 Å². The van der Waals surface area contributed by atoms with Crippen LogP contribution in [0.2, 0.25) is 0 Å². The molecule has 1 unspecified atom stereocenters. The van der Waals surface area contributed by atoms with Gasteiger partial charge in [0.1, 0.15) is 5.75 Å². The molecule has 1 N–H and O–H groups in total. The zero-order valence-electron chi connectivity index (χ0n) is 8.19. The van der Waals surface area contributed by atoms with Crippen LogP contribution < -0.4 is 10.1 Å². The molecule has 0 spiro atoms. The van der Waals surface area contributed by atoms with Crippen LogP contribution in [0, 0.1) is 0 Å². The van der Waals surface area contributed by atoms with Crippen LogP contribution in [0.1, 0.15) is 0 Å². The summed E-state index contributed by atoms with van der Waals surface area (Å²) >= 11 is 0. The van der Waals surface area contributed by atoms with Gasteiger partial charge in [-0.1, -0.05) is 18.2 Å². The third kappa shape index (κ3) is 2.74. The number of rotatable bonds is 4. The van der Waals surface area contributed by atoms with Crippen LogP contribution in [0.15, 0.2) is 30.3 Å². The van der Waals surface area contributed by atoms with E-state index in [0.29, 0.717) is 5.75 Å². The maximum absolute atomic E-state index is 11.2. The summed E-state index contributed by atoms with van der Waals surface area (Å²) in [7, 11) is 2.95. The normalized spacial score (nSPS) is 11.9. The molecule has 0 radical (unpaired) electrons. The van der Waals surface area contributed by atoms with E-state index >= 15 is 0 Å². The lowest BCUT2D eigenvalue weighted by atomic mass is 10.3. The van der Waals surface area contributed by atoms with E-state index in [1.807, 2.05) is 18.2 Å². The molecule has 0 aliphatic carbocycles. The molecule has 14 heavy (non-hydrogen) atoms. The molecule has 0 saturated carbocycles. The van der Waals surface area contributed by atoms with Gasteiger partial charge in [-0.15, -0.1) is 0 Å². The van der Waals surface area contributed by atoms with Crippen molar-refractivity contribution in [1.29, 1.82) is 0 Å². The third-order valence-corrected chi connectivity index (χ3v) is 1.66. The molecule has 0 aliphatic rings. The number of carbonyl (C=O) groups is 1. The Labute approximate surface area is 82.8 Å². The van der Waals surface area contributed by atoms with Crippen LogP contribution in [0.4, 0.5) is 0 Å². The van der Waals surface area contributed by atoms with Crippen LogP contribution in [0.5, 0.6) is 5.75 Å². The largest absolute Gasteiger partial charge is 0.455 e. The summed E-state index contributed by atoms with van der Waals surface area (Å²) < 4.78 is 10.2. The number of hydrogen-bond donors (Lipinski definition) is 1. The number of hydrogen-bond acceptors (Lipinski definition) is 3. The van der Waals surface area contributed by atoms with E-state index < -0.39 is 6.29 Å². The van der Waals surface area contributed by atoms with Gasteiger partial charge in [0, 0.05) is 14.2 Å². The van der Waals surface area contributed by atoms with E-state index in [1.54, 1.807) is 12.1 Å². The van der Waals surface area contributed by atoms with E-state index in [2.05, 4.69) is 5.32 Å².